The minimum absolute atomic E-state index is 0.305. The Balaban J connectivity index is 2.48. The molecule has 0 bridgehead atoms. The Morgan fingerprint density at radius 1 is 1.39 bits per heavy atom. The number of nitrogens with one attached hydrogen (secondary N) is 1. The lowest BCUT2D eigenvalue weighted by molar-refractivity contribution is -0.133. The van der Waals surface area contributed by atoms with Crippen LogP contribution in [0.3, 0.4) is 0 Å². The van der Waals surface area contributed by atoms with Crippen molar-refractivity contribution in [3.05, 3.63) is 47.2 Å². The lowest BCUT2D eigenvalue weighted by Gasteiger charge is -2.24. The number of hydrogen-bond acceptors (Lipinski definition) is 4. The van der Waals surface area contributed by atoms with Crippen LogP contribution in [0.4, 0.5) is 0 Å². The largest absolute Gasteiger partial charge is 0.478 e. The van der Waals surface area contributed by atoms with Crippen LogP contribution in [0, 0.1) is 0 Å². The monoisotopic (exact) mass is 262 g/mol. The van der Waals surface area contributed by atoms with Crippen LogP contribution in [-0.2, 0) is 4.79 Å². The first-order valence-electron chi connectivity index (χ1n) is 5.51. The third kappa shape index (κ3) is 2.41. The number of aliphatic imine (C=N–C) groups is 1. The van der Waals surface area contributed by atoms with Crippen molar-refractivity contribution < 1.29 is 9.90 Å². The minimum Gasteiger partial charge on any atom is -0.478 e. The van der Waals surface area contributed by atoms with Crippen molar-refractivity contribution in [2.24, 2.45) is 4.99 Å². The lowest BCUT2D eigenvalue weighted by Crippen LogP contribution is -2.29. The van der Waals surface area contributed by atoms with E-state index in [2.05, 4.69) is 10.3 Å². The fourth-order valence-corrected chi connectivity index (χ4v) is 2.37. The van der Waals surface area contributed by atoms with Gasteiger partial charge in [-0.3, -0.25) is 0 Å². The first-order chi connectivity index (χ1) is 8.63. The van der Waals surface area contributed by atoms with E-state index in [1.54, 1.807) is 6.92 Å². The minimum atomic E-state index is -0.933. The molecule has 94 valence electrons. The number of carboxylic acids is 1. The van der Waals surface area contributed by atoms with E-state index >= 15 is 0 Å². The molecule has 0 saturated carbocycles. The molecule has 0 aromatic heterocycles. The molecule has 2 N–H and O–H groups in total. The predicted molar refractivity (Wildman–Crippen MR) is 73.6 cm³/mol. The Bertz CT molecular complexity index is 523. The Labute approximate surface area is 110 Å². The molecule has 0 fully saturated rings. The normalized spacial score (nSPS) is 19.2. The number of nitrogens with zero attached hydrogens (tertiary/aromatic N) is 1. The van der Waals surface area contributed by atoms with Gasteiger partial charge >= 0.3 is 5.97 Å². The second-order valence-electron chi connectivity index (χ2n) is 3.92. The molecule has 18 heavy (non-hydrogen) atoms. The summed E-state index contributed by atoms with van der Waals surface area (Å²) in [5.41, 5.74) is 1.84. The summed E-state index contributed by atoms with van der Waals surface area (Å²) in [7, 11) is 0. The van der Waals surface area contributed by atoms with Crippen molar-refractivity contribution in [3.63, 3.8) is 0 Å². The smallest absolute Gasteiger partial charge is 0.335 e. The summed E-state index contributed by atoms with van der Waals surface area (Å²) in [6.45, 7) is 1.77. The molecule has 2 rings (SSSR count). The zero-order valence-corrected chi connectivity index (χ0v) is 11.0. The molecule has 1 aliphatic rings. The van der Waals surface area contributed by atoms with E-state index in [1.807, 2.05) is 36.6 Å². The maximum Gasteiger partial charge on any atom is 0.335 e. The van der Waals surface area contributed by atoms with E-state index in [4.69, 9.17) is 0 Å². The number of hydrogen-bond donors (Lipinski definition) is 2. The maximum atomic E-state index is 11.4. The third-order valence-electron chi connectivity index (χ3n) is 2.76. The molecule has 0 amide bonds. The highest BCUT2D eigenvalue weighted by atomic mass is 32.2. The van der Waals surface area contributed by atoms with E-state index in [9.17, 15) is 9.90 Å². The lowest BCUT2D eigenvalue weighted by atomic mass is 9.97. The van der Waals surface area contributed by atoms with Gasteiger partial charge in [0.15, 0.2) is 5.17 Å². The Hall–Kier alpha value is -1.75. The van der Waals surface area contributed by atoms with Gasteiger partial charge in [-0.25, -0.2) is 9.79 Å². The van der Waals surface area contributed by atoms with Crippen molar-refractivity contribution in [1.82, 2.24) is 5.32 Å². The standard InChI is InChI=1S/C13H14N2O2S/c1-8-10(12(16)17)11(15-13(14-8)18-2)9-6-4-3-5-7-9/h3-7,11H,1-2H3,(H,14,15)(H,16,17). The van der Waals surface area contributed by atoms with Crippen molar-refractivity contribution in [2.45, 2.75) is 13.0 Å². The number of rotatable bonds is 2. The fraction of sp³-hybridized carbons (Fsp3) is 0.231. The van der Waals surface area contributed by atoms with E-state index in [0.717, 1.165) is 10.7 Å². The topological polar surface area (TPSA) is 61.7 Å². The van der Waals surface area contributed by atoms with Gasteiger partial charge in [-0.1, -0.05) is 42.1 Å². The fourth-order valence-electron chi connectivity index (χ4n) is 1.90. The summed E-state index contributed by atoms with van der Waals surface area (Å²) >= 11 is 1.47. The van der Waals surface area contributed by atoms with E-state index < -0.39 is 12.0 Å². The number of amidine groups is 1. The van der Waals surface area contributed by atoms with Crippen LogP contribution < -0.4 is 5.32 Å². The molecule has 0 saturated heterocycles. The first kappa shape index (κ1) is 12.7. The number of aliphatic carboxylic acids is 1. The molecule has 5 heteroatoms. The number of thioether (sulfide) groups is 1. The zero-order chi connectivity index (χ0) is 13.1. The summed E-state index contributed by atoms with van der Waals surface area (Å²) in [4.78, 5) is 15.8. The summed E-state index contributed by atoms with van der Waals surface area (Å²) in [6, 6.07) is 9.04. The first-order valence-corrected chi connectivity index (χ1v) is 6.73. The summed E-state index contributed by atoms with van der Waals surface area (Å²) in [5, 5.41) is 13.1. The van der Waals surface area contributed by atoms with Gasteiger partial charge in [-0.15, -0.1) is 0 Å². The Morgan fingerprint density at radius 2 is 2.06 bits per heavy atom. The maximum absolute atomic E-state index is 11.4. The van der Waals surface area contributed by atoms with Crippen LogP contribution in [0.15, 0.2) is 46.6 Å². The van der Waals surface area contributed by atoms with Gasteiger partial charge < -0.3 is 10.4 Å². The van der Waals surface area contributed by atoms with Crippen molar-refractivity contribution in [2.75, 3.05) is 6.26 Å². The van der Waals surface area contributed by atoms with Crippen molar-refractivity contribution in [3.8, 4) is 0 Å². The second kappa shape index (κ2) is 5.27. The van der Waals surface area contributed by atoms with Crippen LogP contribution in [-0.4, -0.2) is 22.5 Å². The highest BCUT2D eigenvalue weighted by molar-refractivity contribution is 8.13. The number of carbonyl (C=O) groups is 1. The summed E-state index contributed by atoms with van der Waals surface area (Å²) in [6.07, 6.45) is 1.91. The average molecular weight is 262 g/mol. The van der Waals surface area contributed by atoms with E-state index in [-0.39, 0.29) is 0 Å². The van der Waals surface area contributed by atoms with E-state index in [1.165, 1.54) is 11.8 Å². The van der Waals surface area contributed by atoms with Gasteiger partial charge in [0, 0.05) is 5.70 Å². The zero-order valence-electron chi connectivity index (χ0n) is 10.2. The van der Waals surface area contributed by atoms with Gasteiger partial charge in [0.05, 0.1) is 5.57 Å². The van der Waals surface area contributed by atoms with Gasteiger partial charge in [0.1, 0.15) is 6.04 Å². The number of carboxylic acid groups (broad SMARTS) is 1. The summed E-state index contributed by atoms with van der Waals surface area (Å²) < 4.78 is 0. The van der Waals surface area contributed by atoms with Gasteiger partial charge in [-0.2, -0.15) is 0 Å². The van der Waals surface area contributed by atoms with Crippen LogP contribution in [0.2, 0.25) is 0 Å². The van der Waals surface area contributed by atoms with Crippen LogP contribution in [0.1, 0.15) is 18.5 Å². The summed E-state index contributed by atoms with van der Waals surface area (Å²) in [5.74, 6) is -0.933. The SMILES string of the molecule is CSC1=NC(c2ccccc2)C(C(=O)O)=C(C)N1. The third-order valence-corrected chi connectivity index (χ3v) is 3.35. The molecule has 4 nitrogen and oxygen atoms in total. The van der Waals surface area contributed by atoms with Gasteiger partial charge in [-0.05, 0) is 18.7 Å². The highest BCUT2D eigenvalue weighted by Crippen LogP contribution is 2.31. The van der Waals surface area contributed by atoms with Crippen LogP contribution in [0.25, 0.3) is 0 Å². The second-order valence-corrected chi connectivity index (χ2v) is 4.72. The quantitative estimate of drug-likeness (QED) is 0.859. The molecule has 1 unspecified atom stereocenters. The van der Waals surface area contributed by atoms with Gasteiger partial charge in [0.25, 0.3) is 0 Å². The molecule has 1 heterocycles. The molecular formula is C13H14N2O2S. The van der Waals surface area contributed by atoms with Crippen LogP contribution >= 0.6 is 11.8 Å². The highest BCUT2D eigenvalue weighted by Gasteiger charge is 2.28. The number of benzene rings is 1. The van der Waals surface area contributed by atoms with Crippen LogP contribution in [0.5, 0.6) is 0 Å². The predicted octanol–water partition coefficient (Wildman–Crippen LogP) is 2.41. The Kier molecular flexibility index (Phi) is 3.72. The molecule has 0 aliphatic carbocycles. The molecule has 1 aromatic rings. The molecule has 0 radical (unpaired) electrons. The molecule has 0 spiro atoms. The molecule has 1 aromatic carbocycles. The molecular weight excluding hydrogens is 248 g/mol. The Morgan fingerprint density at radius 3 is 2.61 bits per heavy atom. The van der Waals surface area contributed by atoms with Crippen molar-refractivity contribution >= 4 is 22.9 Å². The van der Waals surface area contributed by atoms with Crippen molar-refractivity contribution in [1.29, 1.82) is 0 Å². The average Bonchev–Trinajstić information content (AvgIpc) is 2.38. The molecule has 1 atom stereocenters. The van der Waals surface area contributed by atoms with Gasteiger partial charge in [0.2, 0.25) is 0 Å². The van der Waals surface area contributed by atoms with E-state index in [0.29, 0.717) is 11.3 Å². The molecule has 1 aliphatic heterocycles. The number of allylic oxidation sites excluding steroid dienone is 1.